The van der Waals surface area contributed by atoms with Crippen LogP contribution in [0.3, 0.4) is 0 Å². The second-order valence-corrected chi connectivity index (χ2v) is 8.76. The first-order chi connectivity index (χ1) is 17.3. The molecular formula is C27H22Cl2N4O3. The number of hydrogen-bond acceptors (Lipinski definition) is 4. The molecule has 2 amide bonds. The standard InChI is InChI=1S/C27H22Cl2N4O3/c1-17-12-19(18(2)33(17)23-14-20(28)13-21(29)15-23)16-30-32-27(35)26(34)31-22-8-10-25(11-9-22)36-24-6-4-3-5-7-24/h3-16H,1-2H3,(H,31,34)(H,32,35)/b30-16-. The van der Waals surface area contributed by atoms with Gasteiger partial charge in [-0.15, -0.1) is 0 Å². The number of rotatable bonds is 6. The van der Waals surface area contributed by atoms with Gasteiger partial charge in [-0.3, -0.25) is 9.59 Å². The molecule has 0 fully saturated rings. The second kappa shape index (κ2) is 11.1. The summed E-state index contributed by atoms with van der Waals surface area (Å²) in [5.74, 6) is -0.441. The minimum Gasteiger partial charge on any atom is -0.457 e. The Balaban J connectivity index is 1.36. The summed E-state index contributed by atoms with van der Waals surface area (Å²) in [6.07, 6.45) is 1.48. The van der Waals surface area contributed by atoms with Crippen molar-refractivity contribution in [2.75, 3.05) is 5.32 Å². The minimum atomic E-state index is -0.897. The van der Waals surface area contributed by atoms with Gasteiger partial charge in [0, 0.05) is 38.4 Å². The van der Waals surface area contributed by atoms with Gasteiger partial charge in [0.25, 0.3) is 0 Å². The van der Waals surface area contributed by atoms with Crippen LogP contribution in [0.15, 0.2) is 84.0 Å². The number of anilines is 1. The molecule has 0 aliphatic rings. The molecule has 0 unspecified atom stereocenters. The predicted octanol–water partition coefficient (Wildman–Crippen LogP) is 6.28. The summed E-state index contributed by atoms with van der Waals surface area (Å²) in [6.45, 7) is 3.84. The van der Waals surface area contributed by atoms with Gasteiger partial charge < -0.3 is 14.6 Å². The number of benzene rings is 3. The van der Waals surface area contributed by atoms with Crippen molar-refractivity contribution in [3.05, 3.63) is 106 Å². The lowest BCUT2D eigenvalue weighted by atomic mass is 10.2. The van der Waals surface area contributed by atoms with Crippen molar-refractivity contribution in [2.45, 2.75) is 13.8 Å². The molecule has 0 atom stereocenters. The number of ether oxygens (including phenoxy) is 1. The van der Waals surface area contributed by atoms with E-state index in [2.05, 4.69) is 15.8 Å². The number of carbonyl (C=O) groups is 2. The molecule has 0 spiro atoms. The summed E-state index contributed by atoms with van der Waals surface area (Å²) in [5.41, 5.74) is 6.07. The Hall–Kier alpha value is -4.07. The Kier molecular flexibility index (Phi) is 7.73. The zero-order chi connectivity index (χ0) is 25.7. The molecule has 9 heteroatoms. The van der Waals surface area contributed by atoms with Crippen LogP contribution in [0.25, 0.3) is 5.69 Å². The quantitative estimate of drug-likeness (QED) is 0.178. The van der Waals surface area contributed by atoms with Gasteiger partial charge in [0.2, 0.25) is 0 Å². The van der Waals surface area contributed by atoms with Crippen molar-refractivity contribution in [1.29, 1.82) is 0 Å². The van der Waals surface area contributed by atoms with E-state index in [9.17, 15) is 9.59 Å². The third-order valence-corrected chi connectivity index (χ3v) is 5.68. The maximum atomic E-state index is 12.2. The van der Waals surface area contributed by atoms with Crippen LogP contribution in [-0.4, -0.2) is 22.6 Å². The van der Waals surface area contributed by atoms with E-state index in [-0.39, 0.29) is 0 Å². The smallest absolute Gasteiger partial charge is 0.329 e. The molecule has 0 radical (unpaired) electrons. The Labute approximate surface area is 218 Å². The summed E-state index contributed by atoms with van der Waals surface area (Å²) >= 11 is 12.3. The Morgan fingerprint density at radius 3 is 2.17 bits per heavy atom. The third kappa shape index (κ3) is 6.13. The van der Waals surface area contributed by atoms with Gasteiger partial charge in [0.05, 0.1) is 6.21 Å². The number of hydrazone groups is 1. The fourth-order valence-electron chi connectivity index (χ4n) is 3.61. The van der Waals surface area contributed by atoms with Crippen molar-refractivity contribution >= 4 is 46.9 Å². The molecule has 1 aromatic heterocycles. The zero-order valence-corrected chi connectivity index (χ0v) is 21.0. The highest BCUT2D eigenvalue weighted by Crippen LogP contribution is 2.26. The number of halogens is 2. The van der Waals surface area contributed by atoms with Crippen LogP contribution >= 0.6 is 23.2 Å². The lowest BCUT2D eigenvalue weighted by molar-refractivity contribution is -0.136. The SMILES string of the molecule is Cc1cc(/C=N\NC(=O)C(=O)Nc2ccc(Oc3ccccc3)cc2)c(C)n1-c1cc(Cl)cc(Cl)c1. The molecule has 1 heterocycles. The topological polar surface area (TPSA) is 84.7 Å². The Morgan fingerprint density at radius 1 is 0.861 bits per heavy atom. The highest BCUT2D eigenvalue weighted by atomic mass is 35.5. The van der Waals surface area contributed by atoms with Crippen LogP contribution in [0.5, 0.6) is 11.5 Å². The van der Waals surface area contributed by atoms with Crippen molar-refractivity contribution in [3.63, 3.8) is 0 Å². The van der Waals surface area contributed by atoms with E-state index in [0.29, 0.717) is 27.2 Å². The molecule has 3 aromatic carbocycles. The number of nitrogens with one attached hydrogen (secondary N) is 2. The summed E-state index contributed by atoms with van der Waals surface area (Å²) in [6, 6.07) is 23.2. The lowest BCUT2D eigenvalue weighted by Crippen LogP contribution is -2.32. The molecular weight excluding hydrogens is 499 g/mol. The van der Waals surface area contributed by atoms with Crippen LogP contribution in [0, 0.1) is 13.8 Å². The lowest BCUT2D eigenvalue weighted by Gasteiger charge is -2.10. The van der Waals surface area contributed by atoms with Gasteiger partial charge in [-0.1, -0.05) is 41.4 Å². The third-order valence-electron chi connectivity index (χ3n) is 5.24. The normalized spacial score (nSPS) is 10.9. The van der Waals surface area contributed by atoms with E-state index in [4.69, 9.17) is 27.9 Å². The summed E-state index contributed by atoms with van der Waals surface area (Å²) in [4.78, 5) is 24.5. The average Bonchev–Trinajstić information content (AvgIpc) is 3.13. The molecule has 7 nitrogen and oxygen atoms in total. The van der Waals surface area contributed by atoms with Gasteiger partial charge in [-0.25, -0.2) is 5.43 Å². The summed E-state index contributed by atoms with van der Waals surface area (Å²) in [7, 11) is 0. The van der Waals surface area contributed by atoms with Crippen molar-refractivity contribution in [2.24, 2.45) is 5.10 Å². The van der Waals surface area contributed by atoms with Gasteiger partial charge >= 0.3 is 11.8 Å². The van der Waals surface area contributed by atoms with Crippen LogP contribution in [-0.2, 0) is 9.59 Å². The molecule has 0 aliphatic heterocycles. The van der Waals surface area contributed by atoms with Crippen molar-refractivity contribution in [1.82, 2.24) is 9.99 Å². The van der Waals surface area contributed by atoms with E-state index in [1.165, 1.54) is 6.21 Å². The van der Waals surface area contributed by atoms with E-state index < -0.39 is 11.8 Å². The van der Waals surface area contributed by atoms with Crippen LogP contribution < -0.4 is 15.5 Å². The first-order valence-corrected chi connectivity index (χ1v) is 11.7. The maximum absolute atomic E-state index is 12.2. The minimum absolute atomic E-state index is 0.447. The van der Waals surface area contributed by atoms with Crippen LogP contribution in [0.1, 0.15) is 17.0 Å². The number of aryl methyl sites for hydroxylation is 1. The number of nitrogens with zero attached hydrogens (tertiary/aromatic N) is 2. The molecule has 0 bridgehead atoms. The Morgan fingerprint density at radius 2 is 1.50 bits per heavy atom. The molecule has 0 aliphatic carbocycles. The fraction of sp³-hybridized carbons (Fsp3) is 0.0741. The maximum Gasteiger partial charge on any atom is 0.329 e. The van der Waals surface area contributed by atoms with E-state index >= 15 is 0 Å². The molecule has 36 heavy (non-hydrogen) atoms. The van der Waals surface area contributed by atoms with Gasteiger partial charge in [-0.2, -0.15) is 5.10 Å². The largest absolute Gasteiger partial charge is 0.457 e. The highest BCUT2D eigenvalue weighted by Gasteiger charge is 2.14. The van der Waals surface area contributed by atoms with E-state index in [0.717, 1.165) is 22.6 Å². The summed E-state index contributed by atoms with van der Waals surface area (Å²) in [5, 5.41) is 7.52. The number of amides is 2. The van der Waals surface area contributed by atoms with Crippen LogP contribution in [0.2, 0.25) is 10.0 Å². The van der Waals surface area contributed by atoms with Gasteiger partial charge in [0.15, 0.2) is 0 Å². The summed E-state index contributed by atoms with van der Waals surface area (Å²) < 4.78 is 7.69. The molecule has 0 saturated heterocycles. The van der Waals surface area contributed by atoms with E-state index in [1.807, 2.05) is 54.8 Å². The van der Waals surface area contributed by atoms with Crippen LogP contribution in [0.4, 0.5) is 5.69 Å². The average molecular weight is 521 g/mol. The zero-order valence-electron chi connectivity index (χ0n) is 19.5. The Bertz CT molecular complexity index is 1410. The molecule has 2 N–H and O–H groups in total. The molecule has 0 saturated carbocycles. The number of aromatic nitrogens is 1. The number of hydrogen-bond donors (Lipinski definition) is 2. The molecule has 182 valence electrons. The monoisotopic (exact) mass is 520 g/mol. The van der Waals surface area contributed by atoms with Crippen molar-refractivity contribution in [3.8, 4) is 17.2 Å². The second-order valence-electron chi connectivity index (χ2n) is 7.88. The molecule has 4 aromatic rings. The highest BCUT2D eigenvalue weighted by molar-refractivity contribution is 6.39. The first kappa shape index (κ1) is 25.0. The van der Waals surface area contributed by atoms with Crippen molar-refractivity contribution < 1.29 is 14.3 Å². The van der Waals surface area contributed by atoms with E-state index in [1.54, 1.807) is 42.5 Å². The number of carbonyl (C=O) groups excluding carboxylic acids is 2. The fourth-order valence-corrected chi connectivity index (χ4v) is 4.13. The first-order valence-electron chi connectivity index (χ1n) is 10.9. The van der Waals surface area contributed by atoms with Gasteiger partial charge in [-0.05, 0) is 74.5 Å². The van der Waals surface area contributed by atoms with Gasteiger partial charge in [0.1, 0.15) is 11.5 Å². The predicted molar refractivity (Wildman–Crippen MR) is 143 cm³/mol. The number of para-hydroxylation sites is 1. The molecule has 4 rings (SSSR count).